The molecule has 0 atom stereocenters. The van der Waals surface area contributed by atoms with Crippen molar-refractivity contribution < 1.29 is 28.5 Å². The Morgan fingerprint density at radius 2 is 1.26 bits per heavy atom. The molecule has 0 bridgehead atoms. The van der Waals surface area contributed by atoms with Crippen LogP contribution in [0.5, 0.6) is 28.7 Å². The quantitative estimate of drug-likeness (QED) is 0.306. The predicted molar refractivity (Wildman–Crippen MR) is 139 cm³/mol. The molecule has 3 aromatic carbocycles. The maximum atomic E-state index is 12.5. The number of nitrogens with one attached hydrogen (secondary N) is 1. The summed E-state index contributed by atoms with van der Waals surface area (Å²) in [5.74, 6) is 2.63. The lowest BCUT2D eigenvalue weighted by atomic mass is 10.1. The molecule has 1 N–H and O–H groups in total. The summed E-state index contributed by atoms with van der Waals surface area (Å²) in [4.78, 5) is 12.5. The summed E-state index contributed by atoms with van der Waals surface area (Å²) < 4.78 is 27.0. The Bertz CT molecular complexity index is 1210. The molecular weight excluding hydrogens is 446 g/mol. The number of rotatable bonds is 10. The molecule has 0 aliphatic heterocycles. The lowest BCUT2D eigenvalue weighted by Gasteiger charge is -2.13. The third kappa shape index (κ3) is 6.35. The minimum atomic E-state index is -0.282. The molecule has 0 heterocycles. The van der Waals surface area contributed by atoms with Crippen LogP contribution in [0, 0.1) is 0 Å². The average molecular weight is 476 g/mol. The summed E-state index contributed by atoms with van der Waals surface area (Å²) in [5, 5.41) is 2.85. The van der Waals surface area contributed by atoms with Crippen molar-refractivity contribution >= 4 is 29.8 Å². The highest BCUT2D eigenvalue weighted by atomic mass is 16.5. The van der Waals surface area contributed by atoms with Crippen LogP contribution in [0.25, 0.3) is 18.2 Å². The number of hydrogen-bond donors (Lipinski definition) is 1. The van der Waals surface area contributed by atoms with Crippen molar-refractivity contribution in [2.75, 3.05) is 40.9 Å². The van der Waals surface area contributed by atoms with E-state index in [0.717, 1.165) is 16.7 Å². The number of methoxy groups -OCH3 is 5. The van der Waals surface area contributed by atoms with Gasteiger partial charge in [0.25, 0.3) is 0 Å². The van der Waals surface area contributed by atoms with Crippen LogP contribution in [0.1, 0.15) is 16.7 Å². The molecule has 0 unspecified atom stereocenters. The maximum Gasteiger partial charge on any atom is 0.248 e. The third-order valence-corrected chi connectivity index (χ3v) is 5.19. The highest BCUT2D eigenvalue weighted by molar-refractivity contribution is 6.03. The van der Waals surface area contributed by atoms with E-state index in [1.54, 1.807) is 47.7 Å². The van der Waals surface area contributed by atoms with Crippen LogP contribution in [0.3, 0.4) is 0 Å². The molecule has 0 aliphatic carbocycles. The number of hydrogen-bond acceptors (Lipinski definition) is 6. The second kappa shape index (κ2) is 12.2. The van der Waals surface area contributed by atoms with E-state index >= 15 is 0 Å². The van der Waals surface area contributed by atoms with E-state index in [0.29, 0.717) is 34.4 Å². The highest BCUT2D eigenvalue weighted by Gasteiger charge is 2.12. The Morgan fingerprint density at radius 3 is 1.89 bits per heavy atom. The molecule has 1 amide bonds. The minimum absolute atomic E-state index is 0.282. The Labute approximate surface area is 205 Å². The largest absolute Gasteiger partial charge is 0.496 e. The molecule has 182 valence electrons. The molecule has 0 saturated carbocycles. The van der Waals surface area contributed by atoms with Crippen molar-refractivity contribution in [3.63, 3.8) is 0 Å². The number of amides is 1. The molecule has 3 rings (SSSR count). The first kappa shape index (κ1) is 25.2. The predicted octanol–water partition coefficient (Wildman–Crippen LogP) is 5.55. The number of benzene rings is 3. The fourth-order valence-corrected chi connectivity index (χ4v) is 3.45. The number of ether oxygens (including phenoxy) is 5. The van der Waals surface area contributed by atoms with Crippen LogP contribution in [-0.2, 0) is 4.79 Å². The van der Waals surface area contributed by atoms with Gasteiger partial charge in [-0.2, -0.15) is 0 Å². The first-order valence-corrected chi connectivity index (χ1v) is 10.8. The Kier molecular flexibility index (Phi) is 8.78. The van der Waals surface area contributed by atoms with Crippen LogP contribution in [-0.4, -0.2) is 41.5 Å². The summed E-state index contributed by atoms with van der Waals surface area (Å²) in [7, 11) is 7.87. The van der Waals surface area contributed by atoms with Gasteiger partial charge >= 0.3 is 0 Å². The van der Waals surface area contributed by atoms with Gasteiger partial charge < -0.3 is 29.0 Å². The van der Waals surface area contributed by atoms with Gasteiger partial charge in [0.1, 0.15) is 11.5 Å². The Hall–Kier alpha value is -4.39. The van der Waals surface area contributed by atoms with E-state index in [1.807, 2.05) is 60.7 Å². The van der Waals surface area contributed by atoms with Gasteiger partial charge in [-0.05, 0) is 47.5 Å². The maximum absolute atomic E-state index is 12.5. The molecule has 7 nitrogen and oxygen atoms in total. The molecule has 0 aliphatic rings. The monoisotopic (exact) mass is 475 g/mol. The normalized spacial score (nSPS) is 10.9. The van der Waals surface area contributed by atoms with Gasteiger partial charge in [-0.25, -0.2) is 0 Å². The molecule has 0 radical (unpaired) electrons. The van der Waals surface area contributed by atoms with Crippen molar-refractivity contribution in [1.82, 2.24) is 0 Å². The third-order valence-electron chi connectivity index (χ3n) is 5.19. The van der Waals surface area contributed by atoms with Crippen molar-refractivity contribution in [1.29, 1.82) is 0 Å². The van der Waals surface area contributed by atoms with Crippen LogP contribution in [0.15, 0.2) is 60.7 Å². The molecule has 0 saturated heterocycles. The van der Waals surface area contributed by atoms with Crippen LogP contribution < -0.4 is 29.0 Å². The highest BCUT2D eigenvalue weighted by Crippen LogP contribution is 2.38. The van der Waals surface area contributed by atoms with Crippen molar-refractivity contribution in [2.45, 2.75) is 0 Å². The van der Waals surface area contributed by atoms with Crippen LogP contribution in [0.4, 0.5) is 5.69 Å². The summed E-state index contributed by atoms with van der Waals surface area (Å²) in [6.07, 6.45) is 7.01. The molecule has 0 aromatic heterocycles. The van der Waals surface area contributed by atoms with E-state index < -0.39 is 0 Å². The lowest BCUT2D eigenvalue weighted by molar-refractivity contribution is -0.111. The summed E-state index contributed by atoms with van der Waals surface area (Å²) in [6.45, 7) is 0. The van der Waals surface area contributed by atoms with Crippen LogP contribution >= 0.6 is 0 Å². The first-order chi connectivity index (χ1) is 17.0. The lowest BCUT2D eigenvalue weighted by Crippen LogP contribution is -2.09. The van der Waals surface area contributed by atoms with Crippen molar-refractivity contribution in [2.24, 2.45) is 0 Å². The van der Waals surface area contributed by atoms with E-state index in [9.17, 15) is 4.79 Å². The van der Waals surface area contributed by atoms with E-state index in [4.69, 9.17) is 23.7 Å². The van der Waals surface area contributed by atoms with Crippen molar-refractivity contribution in [3.8, 4) is 28.7 Å². The van der Waals surface area contributed by atoms with Gasteiger partial charge in [0.05, 0.1) is 41.2 Å². The summed E-state index contributed by atoms with van der Waals surface area (Å²) in [6, 6.07) is 16.7. The zero-order valence-electron chi connectivity index (χ0n) is 20.5. The number of carbonyl (C=O) groups excluding carboxylic acids is 1. The smallest absolute Gasteiger partial charge is 0.248 e. The minimum Gasteiger partial charge on any atom is -0.496 e. The SMILES string of the molecule is COc1ccccc1/C=C/C(=O)Nc1ccc(/C=C/c2cc(OC)c(OC)c(OC)c2)cc1OC. The zero-order chi connectivity index (χ0) is 25.2. The molecule has 7 heteroatoms. The number of carbonyl (C=O) groups is 1. The van der Waals surface area contributed by atoms with Gasteiger partial charge in [-0.15, -0.1) is 0 Å². The molecule has 0 fully saturated rings. The Morgan fingerprint density at radius 1 is 0.657 bits per heavy atom. The van der Waals surface area contributed by atoms with E-state index in [1.165, 1.54) is 6.08 Å². The van der Waals surface area contributed by atoms with Gasteiger partial charge in [0, 0.05) is 11.6 Å². The second-order valence-electron chi connectivity index (χ2n) is 7.32. The van der Waals surface area contributed by atoms with Gasteiger partial charge in [0.2, 0.25) is 11.7 Å². The molecule has 0 spiro atoms. The van der Waals surface area contributed by atoms with Gasteiger partial charge in [-0.3, -0.25) is 4.79 Å². The number of para-hydroxylation sites is 1. The topological polar surface area (TPSA) is 75.3 Å². The molecule has 3 aromatic rings. The molecule has 35 heavy (non-hydrogen) atoms. The Balaban J connectivity index is 1.76. The first-order valence-electron chi connectivity index (χ1n) is 10.8. The summed E-state index contributed by atoms with van der Waals surface area (Å²) in [5.41, 5.74) is 3.13. The zero-order valence-corrected chi connectivity index (χ0v) is 20.5. The standard InChI is InChI=1S/C28H29NO6/c1-31-23-9-7-6-8-21(23)13-15-27(30)29-22-14-12-19(16-24(22)32-2)10-11-20-17-25(33-3)28(35-5)26(18-20)34-4/h6-18H,1-5H3,(H,29,30)/b11-10+,15-13+. The fraction of sp³-hybridized carbons (Fsp3) is 0.179. The van der Waals surface area contributed by atoms with Crippen molar-refractivity contribution in [3.05, 3.63) is 77.4 Å². The van der Waals surface area contributed by atoms with E-state index in [2.05, 4.69) is 5.32 Å². The van der Waals surface area contributed by atoms with E-state index in [-0.39, 0.29) is 5.91 Å². The van der Waals surface area contributed by atoms with Gasteiger partial charge in [-0.1, -0.05) is 36.4 Å². The fourth-order valence-electron chi connectivity index (χ4n) is 3.45. The summed E-state index contributed by atoms with van der Waals surface area (Å²) >= 11 is 0. The van der Waals surface area contributed by atoms with Crippen LogP contribution in [0.2, 0.25) is 0 Å². The molecular formula is C28H29NO6. The van der Waals surface area contributed by atoms with Gasteiger partial charge in [0.15, 0.2) is 11.5 Å². The average Bonchev–Trinajstić information content (AvgIpc) is 2.90. The number of anilines is 1. The second-order valence-corrected chi connectivity index (χ2v) is 7.32.